The van der Waals surface area contributed by atoms with E-state index in [-0.39, 0.29) is 35.9 Å². The van der Waals surface area contributed by atoms with E-state index in [0.29, 0.717) is 12.5 Å². The van der Waals surface area contributed by atoms with Crippen LogP contribution in [0.1, 0.15) is 51.1 Å². The number of imidazole rings is 1. The Labute approximate surface area is 202 Å². The summed E-state index contributed by atoms with van der Waals surface area (Å²) < 4.78 is 2.04. The number of carbonyl (C=O) groups is 1. The van der Waals surface area contributed by atoms with Crippen LogP contribution in [0.4, 0.5) is 0 Å². The molecule has 2 N–H and O–H groups in total. The minimum atomic E-state index is 0. The molecule has 1 unspecified atom stereocenters. The maximum atomic E-state index is 12.8. The van der Waals surface area contributed by atoms with Crippen LogP contribution in [-0.4, -0.2) is 58.4 Å². The van der Waals surface area contributed by atoms with Gasteiger partial charge in [0.2, 0.25) is 5.91 Å². The Morgan fingerprint density at radius 3 is 2.84 bits per heavy atom. The van der Waals surface area contributed by atoms with E-state index in [2.05, 4.69) is 33.6 Å². The van der Waals surface area contributed by atoms with E-state index >= 15 is 0 Å². The highest BCUT2D eigenvalue weighted by Gasteiger charge is 2.31. The van der Waals surface area contributed by atoms with E-state index in [1.807, 2.05) is 28.8 Å². The third-order valence-corrected chi connectivity index (χ3v) is 6.19. The van der Waals surface area contributed by atoms with Crippen LogP contribution in [0.5, 0.6) is 0 Å². The van der Waals surface area contributed by atoms with Crippen molar-refractivity contribution in [3.05, 3.63) is 36.3 Å². The molecule has 1 aliphatic heterocycles. The maximum Gasteiger partial charge on any atom is 0.225 e. The second kappa shape index (κ2) is 11.7. The molecule has 1 saturated carbocycles. The highest BCUT2D eigenvalue weighted by molar-refractivity contribution is 14.0. The van der Waals surface area contributed by atoms with Crippen LogP contribution in [0, 0.1) is 5.92 Å². The predicted molar refractivity (Wildman–Crippen MR) is 135 cm³/mol. The Balaban J connectivity index is 0.00000272. The van der Waals surface area contributed by atoms with Crippen LogP contribution in [0.3, 0.4) is 0 Å². The minimum Gasteiger partial charge on any atom is -0.357 e. The predicted octanol–water partition coefficient (Wildman–Crippen LogP) is 3.23. The highest BCUT2D eigenvalue weighted by Crippen LogP contribution is 2.26. The average molecular weight is 538 g/mol. The first-order chi connectivity index (χ1) is 14.7. The number of nitrogens with one attached hydrogen (secondary N) is 2. The van der Waals surface area contributed by atoms with Crippen molar-refractivity contribution < 1.29 is 4.79 Å². The van der Waals surface area contributed by atoms with Gasteiger partial charge in [-0.15, -0.1) is 24.0 Å². The molecule has 2 fully saturated rings. The first-order valence-electron chi connectivity index (χ1n) is 11.5. The topological polar surface area (TPSA) is 74.0 Å². The summed E-state index contributed by atoms with van der Waals surface area (Å²) in [6.45, 7) is 5.21. The second-order valence-corrected chi connectivity index (χ2v) is 8.46. The van der Waals surface area contributed by atoms with Gasteiger partial charge in [0.05, 0.1) is 5.69 Å². The summed E-state index contributed by atoms with van der Waals surface area (Å²) in [4.78, 5) is 24.3. The third-order valence-electron chi connectivity index (χ3n) is 6.19. The van der Waals surface area contributed by atoms with Gasteiger partial charge in [0.15, 0.2) is 5.96 Å². The van der Waals surface area contributed by atoms with Gasteiger partial charge in [-0.25, -0.2) is 4.98 Å². The van der Waals surface area contributed by atoms with Crippen LogP contribution in [0.15, 0.2) is 35.6 Å². The lowest BCUT2D eigenvalue weighted by molar-refractivity contribution is -0.135. The van der Waals surface area contributed by atoms with Crippen LogP contribution in [0.2, 0.25) is 0 Å². The monoisotopic (exact) mass is 538 g/mol. The van der Waals surface area contributed by atoms with Crippen molar-refractivity contribution in [1.29, 1.82) is 0 Å². The van der Waals surface area contributed by atoms with E-state index in [9.17, 15) is 4.79 Å². The highest BCUT2D eigenvalue weighted by atomic mass is 127. The molecule has 4 rings (SSSR count). The lowest BCUT2D eigenvalue weighted by atomic mass is 9.88. The van der Waals surface area contributed by atoms with Gasteiger partial charge in [-0.1, -0.05) is 25.3 Å². The van der Waals surface area contributed by atoms with E-state index in [1.165, 1.54) is 19.3 Å². The molecule has 7 nitrogen and oxygen atoms in total. The summed E-state index contributed by atoms with van der Waals surface area (Å²) in [6.07, 6.45) is 11.7. The van der Waals surface area contributed by atoms with Crippen LogP contribution in [-0.2, 0) is 11.2 Å². The van der Waals surface area contributed by atoms with Gasteiger partial charge < -0.3 is 19.9 Å². The van der Waals surface area contributed by atoms with Gasteiger partial charge in [0, 0.05) is 57.0 Å². The zero-order valence-electron chi connectivity index (χ0n) is 18.4. The number of aromatic nitrogens is 2. The number of guanidine groups is 1. The van der Waals surface area contributed by atoms with E-state index in [0.717, 1.165) is 62.6 Å². The Hall–Kier alpha value is -1.84. The zero-order valence-corrected chi connectivity index (χ0v) is 20.8. The average Bonchev–Trinajstić information content (AvgIpc) is 3.40. The number of halogens is 1. The molecular weight excluding hydrogens is 503 g/mol. The molecule has 0 radical (unpaired) electrons. The maximum absolute atomic E-state index is 12.8. The molecular formula is C23H35IN6O. The molecule has 3 heterocycles. The number of hydrogen-bond donors (Lipinski definition) is 2. The fraction of sp³-hybridized carbons (Fsp3) is 0.609. The van der Waals surface area contributed by atoms with Gasteiger partial charge in [-0.2, -0.15) is 0 Å². The summed E-state index contributed by atoms with van der Waals surface area (Å²) in [5.41, 5.74) is 2.01. The lowest BCUT2D eigenvalue weighted by Crippen LogP contribution is -2.45. The molecule has 1 saturated heterocycles. The molecule has 1 aliphatic carbocycles. The molecule has 0 bridgehead atoms. The van der Waals surface area contributed by atoms with Gasteiger partial charge in [0.1, 0.15) is 5.65 Å². The van der Waals surface area contributed by atoms with Crippen molar-refractivity contribution in [3.8, 4) is 0 Å². The molecule has 2 aliphatic rings. The van der Waals surface area contributed by atoms with Crippen molar-refractivity contribution in [2.45, 2.75) is 57.9 Å². The molecule has 8 heteroatoms. The van der Waals surface area contributed by atoms with Gasteiger partial charge in [0.25, 0.3) is 0 Å². The number of nitrogens with zero attached hydrogens (tertiary/aromatic N) is 4. The fourth-order valence-corrected chi connectivity index (χ4v) is 4.59. The number of hydrogen-bond acceptors (Lipinski definition) is 3. The standard InChI is InChI=1S/C23H34N6O.HI/c1-2-24-23(25-13-11-19-16-28-14-7-6-10-21(28)26-19)27-20-12-15-29(17-20)22(30)18-8-4-3-5-9-18;/h6-7,10,14,16,18,20H,2-5,8-9,11-13,15,17H2,1H3,(H2,24,25,27);1H. The molecule has 1 amide bonds. The molecule has 31 heavy (non-hydrogen) atoms. The number of amides is 1. The Kier molecular flexibility index (Phi) is 8.98. The number of likely N-dealkylation sites (tertiary alicyclic amines) is 1. The quantitative estimate of drug-likeness (QED) is 0.337. The van der Waals surface area contributed by atoms with Crippen LogP contribution < -0.4 is 10.6 Å². The van der Waals surface area contributed by atoms with Gasteiger partial charge in [-0.05, 0) is 38.3 Å². The number of rotatable bonds is 6. The number of fused-ring (bicyclic) bond motifs is 1. The zero-order chi connectivity index (χ0) is 20.8. The Bertz CT molecular complexity index is 843. The van der Waals surface area contributed by atoms with Gasteiger partial charge >= 0.3 is 0 Å². The number of aliphatic imine (C=N–C) groups is 1. The molecule has 2 aromatic heterocycles. The van der Waals surface area contributed by atoms with E-state index in [4.69, 9.17) is 4.99 Å². The largest absolute Gasteiger partial charge is 0.357 e. The third kappa shape index (κ3) is 6.33. The van der Waals surface area contributed by atoms with Crippen molar-refractivity contribution in [2.75, 3.05) is 26.2 Å². The first kappa shape index (κ1) is 23.8. The first-order valence-corrected chi connectivity index (χ1v) is 11.5. The number of carbonyl (C=O) groups excluding carboxylic acids is 1. The minimum absolute atomic E-state index is 0. The molecule has 2 aromatic rings. The van der Waals surface area contributed by atoms with Crippen molar-refractivity contribution in [1.82, 2.24) is 24.9 Å². The van der Waals surface area contributed by atoms with Crippen LogP contribution in [0.25, 0.3) is 5.65 Å². The number of pyridine rings is 1. The van der Waals surface area contributed by atoms with Crippen LogP contribution >= 0.6 is 24.0 Å². The summed E-state index contributed by atoms with van der Waals surface area (Å²) in [5.74, 6) is 1.45. The van der Waals surface area contributed by atoms with Crippen molar-refractivity contribution in [2.24, 2.45) is 10.9 Å². The Morgan fingerprint density at radius 2 is 2.06 bits per heavy atom. The smallest absolute Gasteiger partial charge is 0.225 e. The molecule has 1 atom stereocenters. The molecule has 0 aromatic carbocycles. The molecule has 0 spiro atoms. The summed E-state index contributed by atoms with van der Waals surface area (Å²) in [5, 5.41) is 6.88. The van der Waals surface area contributed by atoms with E-state index in [1.54, 1.807) is 0 Å². The summed E-state index contributed by atoms with van der Waals surface area (Å²) in [6, 6.07) is 6.29. The lowest BCUT2D eigenvalue weighted by Gasteiger charge is -2.26. The van der Waals surface area contributed by atoms with Crippen molar-refractivity contribution in [3.63, 3.8) is 0 Å². The molecule has 170 valence electrons. The normalized spacial score (nSPS) is 20.0. The van der Waals surface area contributed by atoms with Crippen molar-refractivity contribution >= 4 is 41.5 Å². The van der Waals surface area contributed by atoms with E-state index < -0.39 is 0 Å². The summed E-state index contributed by atoms with van der Waals surface area (Å²) in [7, 11) is 0. The second-order valence-electron chi connectivity index (χ2n) is 8.46. The van der Waals surface area contributed by atoms with Gasteiger partial charge in [-0.3, -0.25) is 9.79 Å². The SMILES string of the molecule is CCNC(=NCCc1cn2ccccc2n1)NC1CCN(C(=O)C2CCCCC2)C1.I. The fourth-order valence-electron chi connectivity index (χ4n) is 4.59. The summed E-state index contributed by atoms with van der Waals surface area (Å²) >= 11 is 0. The Morgan fingerprint density at radius 1 is 1.23 bits per heavy atom.